The van der Waals surface area contributed by atoms with Gasteiger partial charge in [0, 0.05) is 6.42 Å². The minimum atomic E-state index is 0.555. The van der Waals surface area contributed by atoms with Gasteiger partial charge in [0.05, 0.1) is 7.11 Å². The highest BCUT2D eigenvalue weighted by Crippen LogP contribution is 2.20. The van der Waals surface area contributed by atoms with Crippen LogP contribution in [0.3, 0.4) is 0 Å². The molecule has 0 aliphatic rings. The molecule has 0 N–H and O–H groups in total. The molecule has 13 heavy (non-hydrogen) atoms. The fraction of sp³-hybridized carbons (Fsp3) is 0.364. The van der Waals surface area contributed by atoms with Gasteiger partial charge in [-0.25, -0.2) is 0 Å². The second-order valence-corrected chi connectivity index (χ2v) is 3.02. The first-order chi connectivity index (χ1) is 6.27. The van der Waals surface area contributed by atoms with E-state index in [1.165, 1.54) is 5.56 Å². The standard InChI is InChI=1S/C11H14O2/c1-9-5-6-11(13-2)10(8-9)4-3-7-12/h5-8H,3-4H2,1-2H3. The SMILES string of the molecule is COc1ccc(C)cc1CCC=O. The van der Waals surface area contributed by atoms with E-state index >= 15 is 0 Å². The van der Waals surface area contributed by atoms with Crippen molar-refractivity contribution in [3.63, 3.8) is 0 Å². The Morgan fingerprint density at radius 1 is 1.46 bits per heavy atom. The van der Waals surface area contributed by atoms with E-state index in [-0.39, 0.29) is 0 Å². The van der Waals surface area contributed by atoms with E-state index in [1.807, 2.05) is 19.1 Å². The molecule has 0 radical (unpaired) electrons. The summed E-state index contributed by atoms with van der Waals surface area (Å²) in [5.41, 5.74) is 2.30. The third-order valence-corrected chi connectivity index (χ3v) is 1.97. The fourth-order valence-electron chi connectivity index (χ4n) is 1.32. The number of aldehydes is 1. The molecule has 0 aliphatic heterocycles. The Morgan fingerprint density at radius 3 is 2.85 bits per heavy atom. The van der Waals surface area contributed by atoms with Gasteiger partial charge in [-0.3, -0.25) is 0 Å². The van der Waals surface area contributed by atoms with Crippen LogP contribution in [-0.4, -0.2) is 13.4 Å². The molecular formula is C11H14O2. The molecule has 0 spiro atoms. The van der Waals surface area contributed by atoms with E-state index in [4.69, 9.17) is 4.74 Å². The Balaban J connectivity index is 2.87. The first-order valence-electron chi connectivity index (χ1n) is 4.35. The highest BCUT2D eigenvalue weighted by atomic mass is 16.5. The predicted molar refractivity (Wildman–Crippen MR) is 52.1 cm³/mol. The number of hydrogen-bond donors (Lipinski definition) is 0. The molecule has 0 unspecified atom stereocenters. The van der Waals surface area contributed by atoms with E-state index in [0.717, 1.165) is 24.0 Å². The molecule has 0 atom stereocenters. The van der Waals surface area contributed by atoms with Crippen molar-refractivity contribution in [1.82, 2.24) is 0 Å². The van der Waals surface area contributed by atoms with Gasteiger partial charge in [-0.1, -0.05) is 17.7 Å². The fourth-order valence-corrected chi connectivity index (χ4v) is 1.32. The topological polar surface area (TPSA) is 26.3 Å². The number of ether oxygens (including phenoxy) is 1. The summed E-state index contributed by atoms with van der Waals surface area (Å²) in [6, 6.07) is 6.00. The van der Waals surface area contributed by atoms with E-state index < -0.39 is 0 Å². The summed E-state index contributed by atoms with van der Waals surface area (Å²) in [5, 5.41) is 0. The molecule has 1 aromatic carbocycles. The average Bonchev–Trinajstić information content (AvgIpc) is 2.15. The minimum Gasteiger partial charge on any atom is -0.496 e. The predicted octanol–water partition coefficient (Wildman–Crippen LogP) is 2.14. The van der Waals surface area contributed by atoms with E-state index in [2.05, 4.69) is 6.07 Å². The molecule has 0 saturated carbocycles. The zero-order valence-electron chi connectivity index (χ0n) is 8.04. The zero-order chi connectivity index (χ0) is 9.68. The lowest BCUT2D eigenvalue weighted by Gasteiger charge is -2.07. The van der Waals surface area contributed by atoms with Crippen LogP contribution in [-0.2, 0) is 11.2 Å². The average molecular weight is 178 g/mol. The number of hydrogen-bond acceptors (Lipinski definition) is 2. The molecule has 70 valence electrons. The van der Waals surface area contributed by atoms with Gasteiger partial charge >= 0.3 is 0 Å². The Bertz CT molecular complexity index is 292. The third-order valence-electron chi connectivity index (χ3n) is 1.97. The maximum Gasteiger partial charge on any atom is 0.122 e. The molecule has 2 nitrogen and oxygen atoms in total. The van der Waals surface area contributed by atoms with Crippen molar-refractivity contribution < 1.29 is 9.53 Å². The first kappa shape index (κ1) is 9.78. The number of carbonyl (C=O) groups is 1. The van der Waals surface area contributed by atoms with Gasteiger partial charge in [0.1, 0.15) is 12.0 Å². The Morgan fingerprint density at radius 2 is 2.23 bits per heavy atom. The monoisotopic (exact) mass is 178 g/mol. The summed E-state index contributed by atoms with van der Waals surface area (Å²) in [6.07, 6.45) is 2.25. The van der Waals surface area contributed by atoms with Crippen molar-refractivity contribution >= 4 is 6.29 Å². The second-order valence-electron chi connectivity index (χ2n) is 3.02. The quantitative estimate of drug-likeness (QED) is 0.660. The summed E-state index contributed by atoms with van der Waals surface area (Å²) >= 11 is 0. The van der Waals surface area contributed by atoms with Gasteiger partial charge in [0.25, 0.3) is 0 Å². The van der Waals surface area contributed by atoms with Gasteiger partial charge in [-0.2, -0.15) is 0 Å². The van der Waals surface area contributed by atoms with E-state index in [1.54, 1.807) is 7.11 Å². The van der Waals surface area contributed by atoms with Crippen LogP contribution in [0.25, 0.3) is 0 Å². The van der Waals surface area contributed by atoms with Gasteiger partial charge in [-0.05, 0) is 25.0 Å². The maximum atomic E-state index is 10.2. The lowest BCUT2D eigenvalue weighted by molar-refractivity contribution is -0.107. The molecule has 1 rings (SSSR count). The van der Waals surface area contributed by atoms with Crippen molar-refractivity contribution in [3.8, 4) is 5.75 Å². The maximum absolute atomic E-state index is 10.2. The highest BCUT2D eigenvalue weighted by Gasteiger charge is 2.01. The lowest BCUT2D eigenvalue weighted by atomic mass is 10.1. The molecule has 0 aliphatic carbocycles. The second kappa shape index (κ2) is 4.65. The van der Waals surface area contributed by atoms with Crippen molar-refractivity contribution in [1.29, 1.82) is 0 Å². The van der Waals surface area contributed by atoms with Crippen LogP contribution in [0.15, 0.2) is 18.2 Å². The van der Waals surface area contributed by atoms with Crippen molar-refractivity contribution in [2.75, 3.05) is 7.11 Å². The van der Waals surface area contributed by atoms with Crippen LogP contribution >= 0.6 is 0 Å². The van der Waals surface area contributed by atoms with Crippen LogP contribution in [0.5, 0.6) is 5.75 Å². The summed E-state index contributed by atoms with van der Waals surface area (Å²) in [7, 11) is 1.65. The summed E-state index contributed by atoms with van der Waals surface area (Å²) in [5.74, 6) is 0.868. The Kier molecular flexibility index (Phi) is 3.50. The minimum absolute atomic E-state index is 0.555. The number of aryl methyl sites for hydroxylation is 2. The van der Waals surface area contributed by atoms with Gasteiger partial charge in [-0.15, -0.1) is 0 Å². The van der Waals surface area contributed by atoms with Crippen molar-refractivity contribution in [2.45, 2.75) is 19.8 Å². The molecule has 0 aromatic heterocycles. The molecule has 0 amide bonds. The Hall–Kier alpha value is -1.31. The molecule has 1 aromatic rings. The molecule has 0 saturated heterocycles. The van der Waals surface area contributed by atoms with Gasteiger partial charge in [0.15, 0.2) is 0 Å². The van der Waals surface area contributed by atoms with Crippen molar-refractivity contribution in [3.05, 3.63) is 29.3 Å². The summed E-state index contributed by atoms with van der Waals surface area (Å²) in [4.78, 5) is 10.2. The molecule has 0 fully saturated rings. The smallest absolute Gasteiger partial charge is 0.122 e. The summed E-state index contributed by atoms with van der Waals surface area (Å²) in [6.45, 7) is 2.03. The third kappa shape index (κ3) is 2.58. The van der Waals surface area contributed by atoms with Crippen LogP contribution in [0, 0.1) is 6.92 Å². The normalized spacial score (nSPS) is 9.69. The summed E-state index contributed by atoms with van der Waals surface area (Å²) < 4.78 is 5.18. The molecular weight excluding hydrogens is 164 g/mol. The van der Waals surface area contributed by atoms with Crippen LogP contribution in [0.4, 0.5) is 0 Å². The molecule has 0 bridgehead atoms. The number of benzene rings is 1. The molecule has 0 heterocycles. The Labute approximate surface area is 78.5 Å². The number of carbonyl (C=O) groups excluding carboxylic acids is 1. The van der Waals surface area contributed by atoms with Crippen molar-refractivity contribution in [2.24, 2.45) is 0 Å². The van der Waals surface area contributed by atoms with E-state index in [0.29, 0.717) is 6.42 Å². The molecule has 2 heteroatoms. The first-order valence-corrected chi connectivity index (χ1v) is 4.35. The van der Waals surface area contributed by atoms with Crippen LogP contribution in [0.1, 0.15) is 17.5 Å². The zero-order valence-corrected chi connectivity index (χ0v) is 8.04. The number of rotatable bonds is 4. The lowest BCUT2D eigenvalue weighted by Crippen LogP contribution is -1.93. The highest BCUT2D eigenvalue weighted by molar-refractivity contribution is 5.51. The van der Waals surface area contributed by atoms with Gasteiger partial charge < -0.3 is 9.53 Å². The van der Waals surface area contributed by atoms with Gasteiger partial charge in [0.2, 0.25) is 0 Å². The largest absolute Gasteiger partial charge is 0.496 e. The van der Waals surface area contributed by atoms with E-state index in [9.17, 15) is 4.79 Å². The number of methoxy groups -OCH3 is 1. The van der Waals surface area contributed by atoms with Crippen LogP contribution < -0.4 is 4.74 Å². The van der Waals surface area contributed by atoms with Crippen LogP contribution in [0.2, 0.25) is 0 Å².